The lowest BCUT2D eigenvalue weighted by atomic mass is 9.99. The Hall–Kier alpha value is -0.690. The van der Waals surface area contributed by atoms with Crippen molar-refractivity contribution in [3.8, 4) is 0 Å². The van der Waals surface area contributed by atoms with Crippen molar-refractivity contribution in [1.29, 1.82) is 0 Å². The molecule has 6 heteroatoms. The van der Waals surface area contributed by atoms with E-state index in [4.69, 9.17) is 0 Å². The van der Waals surface area contributed by atoms with E-state index in [1.807, 2.05) is 0 Å². The average molecular weight is 923 g/mol. The molecule has 0 aromatic carbocycles. The van der Waals surface area contributed by atoms with Gasteiger partial charge in [0.05, 0.1) is 18.8 Å². The second kappa shape index (κ2) is 54.3. The third-order valence-corrected chi connectivity index (χ3v) is 14.6. The van der Waals surface area contributed by atoms with E-state index in [-0.39, 0.29) is 0 Å². The Balaban J connectivity index is 3.56. The van der Waals surface area contributed by atoms with E-state index in [9.17, 15) is 25.2 Å². The quantitative estimate of drug-likeness (QED) is 0.0390. The van der Waals surface area contributed by atoms with Crippen LogP contribution in [0.4, 0.5) is 0 Å². The van der Waals surface area contributed by atoms with Gasteiger partial charge in [-0.3, -0.25) is 4.79 Å². The Kier molecular flexibility index (Phi) is 53.7. The molecule has 0 aromatic heterocycles. The molecule has 5 N–H and O–H groups in total. The largest absolute Gasteiger partial charge is 0.394 e. The molecule has 390 valence electrons. The Morgan fingerprint density at radius 3 is 0.738 bits per heavy atom. The van der Waals surface area contributed by atoms with Crippen LogP contribution in [0.15, 0.2) is 0 Å². The molecule has 0 saturated heterocycles. The molecule has 0 heterocycles. The number of unbranched alkanes of at least 4 members (excludes halogenated alkanes) is 47. The lowest BCUT2D eigenvalue weighted by Crippen LogP contribution is -2.53. The first-order valence-electron chi connectivity index (χ1n) is 29.9. The topological polar surface area (TPSA) is 110 Å². The van der Waals surface area contributed by atoms with Crippen molar-refractivity contribution < 1.29 is 25.2 Å². The van der Waals surface area contributed by atoms with E-state index in [0.717, 1.165) is 38.5 Å². The Bertz CT molecular complexity index is 902. The van der Waals surface area contributed by atoms with Crippen LogP contribution in [0.1, 0.15) is 341 Å². The number of carbonyl (C=O) groups excluding carboxylic acids is 1. The van der Waals surface area contributed by atoms with Crippen molar-refractivity contribution in [3.63, 3.8) is 0 Å². The van der Waals surface area contributed by atoms with Gasteiger partial charge in [0.25, 0.3) is 0 Å². The van der Waals surface area contributed by atoms with E-state index in [2.05, 4.69) is 19.2 Å². The Labute approximate surface area is 407 Å². The molecule has 0 rings (SSSR count). The fraction of sp³-hybridized carbons (Fsp3) is 0.983. The number of carbonyl (C=O) groups is 1. The fourth-order valence-corrected chi connectivity index (χ4v) is 9.88. The molecular formula is C59H119NO5. The first kappa shape index (κ1) is 64.3. The number of amides is 1. The normalized spacial score (nSPS) is 13.6. The van der Waals surface area contributed by atoms with Gasteiger partial charge in [-0.05, 0) is 12.8 Å². The van der Waals surface area contributed by atoms with E-state index >= 15 is 0 Å². The van der Waals surface area contributed by atoms with Gasteiger partial charge in [-0.25, -0.2) is 0 Å². The van der Waals surface area contributed by atoms with Gasteiger partial charge in [-0.1, -0.05) is 328 Å². The van der Waals surface area contributed by atoms with Gasteiger partial charge in [-0.15, -0.1) is 0 Å². The molecule has 0 fully saturated rings. The smallest absolute Gasteiger partial charge is 0.249 e. The van der Waals surface area contributed by atoms with E-state index in [0.29, 0.717) is 12.8 Å². The summed E-state index contributed by atoms with van der Waals surface area (Å²) >= 11 is 0. The van der Waals surface area contributed by atoms with Crippen molar-refractivity contribution in [2.45, 2.75) is 366 Å². The molecule has 0 aliphatic heterocycles. The monoisotopic (exact) mass is 922 g/mol. The zero-order valence-electron chi connectivity index (χ0n) is 44.3. The fourth-order valence-electron chi connectivity index (χ4n) is 9.88. The van der Waals surface area contributed by atoms with Gasteiger partial charge in [0, 0.05) is 0 Å². The number of hydrogen-bond donors (Lipinski definition) is 5. The number of hydrogen-bond acceptors (Lipinski definition) is 5. The lowest BCUT2D eigenvalue weighted by molar-refractivity contribution is -0.132. The van der Waals surface area contributed by atoms with E-state index < -0.39 is 36.9 Å². The standard InChI is InChI=1S/C59H119NO5/c1-3-5-7-9-11-13-15-17-19-21-23-25-27-29-31-33-35-37-39-41-43-45-47-49-51-53-57(63)59(65)60-55(54-61)58(64)56(62)52-50-48-46-44-42-40-38-36-34-32-30-28-26-24-22-20-18-16-14-12-10-8-6-4-2/h55-58,61-64H,3-54H2,1-2H3,(H,60,65). The van der Waals surface area contributed by atoms with Gasteiger partial charge >= 0.3 is 0 Å². The zero-order valence-corrected chi connectivity index (χ0v) is 44.3. The average Bonchev–Trinajstić information content (AvgIpc) is 3.31. The second-order valence-electron chi connectivity index (χ2n) is 21.1. The third kappa shape index (κ3) is 48.1. The third-order valence-electron chi connectivity index (χ3n) is 14.6. The molecule has 6 nitrogen and oxygen atoms in total. The van der Waals surface area contributed by atoms with E-state index in [1.165, 1.54) is 276 Å². The summed E-state index contributed by atoms with van der Waals surface area (Å²) in [4.78, 5) is 12.6. The summed E-state index contributed by atoms with van der Waals surface area (Å²) < 4.78 is 0. The van der Waals surface area contributed by atoms with Crippen molar-refractivity contribution in [2.75, 3.05) is 6.61 Å². The minimum Gasteiger partial charge on any atom is -0.394 e. The van der Waals surface area contributed by atoms with Gasteiger partial charge in [0.2, 0.25) is 5.91 Å². The molecule has 0 saturated carbocycles. The number of aliphatic hydroxyl groups is 4. The van der Waals surface area contributed by atoms with E-state index in [1.54, 1.807) is 0 Å². The van der Waals surface area contributed by atoms with Crippen LogP contribution in [0.3, 0.4) is 0 Å². The second-order valence-corrected chi connectivity index (χ2v) is 21.1. The number of rotatable bonds is 56. The molecule has 0 aliphatic carbocycles. The molecule has 1 amide bonds. The van der Waals surface area contributed by atoms with Gasteiger partial charge < -0.3 is 25.7 Å². The minimum atomic E-state index is -1.25. The van der Waals surface area contributed by atoms with Crippen LogP contribution in [0.2, 0.25) is 0 Å². The van der Waals surface area contributed by atoms with Crippen molar-refractivity contribution in [1.82, 2.24) is 5.32 Å². The highest BCUT2D eigenvalue weighted by atomic mass is 16.3. The van der Waals surface area contributed by atoms with Crippen LogP contribution >= 0.6 is 0 Å². The molecule has 0 aliphatic rings. The summed E-state index contributed by atoms with van der Waals surface area (Å²) in [5, 5.41) is 44.1. The van der Waals surface area contributed by atoms with Crippen LogP contribution in [-0.4, -0.2) is 57.3 Å². The van der Waals surface area contributed by atoms with Crippen LogP contribution in [0.25, 0.3) is 0 Å². The molecule has 0 radical (unpaired) electrons. The maximum Gasteiger partial charge on any atom is 0.249 e. The molecule has 0 aromatic rings. The maximum atomic E-state index is 12.6. The molecule has 65 heavy (non-hydrogen) atoms. The highest BCUT2D eigenvalue weighted by Gasteiger charge is 2.28. The van der Waals surface area contributed by atoms with Crippen LogP contribution in [0, 0.1) is 0 Å². The molecule has 4 atom stereocenters. The van der Waals surface area contributed by atoms with Crippen molar-refractivity contribution in [2.24, 2.45) is 0 Å². The lowest BCUT2D eigenvalue weighted by Gasteiger charge is -2.27. The predicted octanol–water partition coefficient (Wildman–Crippen LogP) is 17.5. The molecular weight excluding hydrogens is 803 g/mol. The first-order chi connectivity index (χ1) is 32.0. The summed E-state index contributed by atoms with van der Waals surface area (Å²) in [5.74, 6) is -0.575. The Morgan fingerprint density at radius 2 is 0.523 bits per heavy atom. The summed E-state index contributed by atoms with van der Waals surface area (Å²) in [6, 6.07) is -0.981. The van der Waals surface area contributed by atoms with Crippen molar-refractivity contribution >= 4 is 5.91 Å². The number of aliphatic hydroxyl groups excluding tert-OH is 4. The van der Waals surface area contributed by atoms with Gasteiger partial charge in [0.15, 0.2) is 0 Å². The van der Waals surface area contributed by atoms with Gasteiger partial charge in [-0.2, -0.15) is 0 Å². The number of nitrogens with one attached hydrogen (secondary N) is 1. The summed E-state index contributed by atoms with van der Waals surface area (Å²) in [7, 11) is 0. The van der Waals surface area contributed by atoms with Crippen LogP contribution in [-0.2, 0) is 4.79 Å². The summed E-state index contributed by atoms with van der Waals surface area (Å²) in [6.45, 7) is 4.11. The Morgan fingerprint density at radius 1 is 0.323 bits per heavy atom. The van der Waals surface area contributed by atoms with Crippen LogP contribution < -0.4 is 5.32 Å². The van der Waals surface area contributed by atoms with Gasteiger partial charge in [0.1, 0.15) is 12.2 Å². The predicted molar refractivity (Wildman–Crippen MR) is 284 cm³/mol. The molecule has 0 bridgehead atoms. The SMILES string of the molecule is CCCCCCCCCCCCCCCCCCCCCCCCCCCC(O)C(=O)NC(CO)C(O)C(O)CCCCCCCCCCCCCCCCCCCCCCCCCC. The maximum absolute atomic E-state index is 12.6. The molecule has 4 unspecified atom stereocenters. The highest BCUT2D eigenvalue weighted by Crippen LogP contribution is 2.19. The van der Waals surface area contributed by atoms with Crippen LogP contribution in [0.5, 0.6) is 0 Å². The zero-order chi connectivity index (χ0) is 47.4. The van der Waals surface area contributed by atoms with Crippen molar-refractivity contribution in [3.05, 3.63) is 0 Å². The summed E-state index contributed by atoms with van der Waals surface area (Å²) in [5.41, 5.74) is 0. The first-order valence-corrected chi connectivity index (χ1v) is 29.9. The highest BCUT2D eigenvalue weighted by molar-refractivity contribution is 5.80. The minimum absolute atomic E-state index is 0.376. The summed E-state index contributed by atoms with van der Waals surface area (Å²) in [6.07, 6.45) is 63.2. The molecule has 0 spiro atoms.